The average Bonchev–Trinajstić information content (AvgIpc) is 3.62. The van der Waals surface area contributed by atoms with Crippen LogP contribution >= 0.6 is 11.6 Å². The summed E-state index contributed by atoms with van der Waals surface area (Å²) in [4.78, 5) is 25.1. The summed E-state index contributed by atoms with van der Waals surface area (Å²) >= 11 is 5.87. The number of hydrogen-bond acceptors (Lipinski definition) is 9. The van der Waals surface area contributed by atoms with Crippen LogP contribution in [0.5, 0.6) is 5.88 Å². The van der Waals surface area contributed by atoms with Crippen molar-refractivity contribution in [3.8, 4) is 17.4 Å². The first kappa shape index (κ1) is 26.9. The maximum Gasteiger partial charge on any atom is 0.216 e. The minimum atomic E-state index is -0.370. The Kier molecular flexibility index (Phi) is 7.49. The molecule has 0 bridgehead atoms. The molecule has 2 aliphatic heterocycles. The molecule has 2 aliphatic rings. The minimum absolute atomic E-state index is 0.0344. The van der Waals surface area contributed by atoms with Crippen LogP contribution in [0.15, 0.2) is 49.1 Å². The normalized spacial score (nSPS) is 17.9. The Bertz CT molecular complexity index is 1680. The van der Waals surface area contributed by atoms with E-state index in [0.29, 0.717) is 33.8 Å². The fourth-order valence-corrected chi connectivity index (χ4v) is 5.57. The molecular formula is C29H29ClFN9O2. The smallest absolute Gasteiger partial charge is 0.216 e. The highest BCUT2D eigenvalue weighted by molar-refractivity contribution is 6.30. The van der Waals surface area contributed by atoms with E-state index < -0.39 is 0 Å². The molecule has 216 valence electrons. The number of likely N-dealkylation sites (tertiary alicyclic amines) is 1. The first-order valence-corrected chi connectivity index (χ1v) is 14.4. The molecule has 2 fully saturated rings. The van der Waals surface area contributed by atoms with Gasteiger partial charge in [0.25, 0.3) is 0 Å². The number of nitrogens with one attached hydrogen (secondary N) is 1. The molecule has 1 atom stereocenters. The van der Waals surface area contributed by atoms with Crippen LogP contribution in [0.2, 0.25) is 5.02 Å². The SMILES string of the molecule is Fc1cc(Cl)ccc1Cc1nccc(OC2CCN(Cc3nc4cc(-c5ncn[nH]5)ncc4n3C[C@@H]3CCO3)CC2)n1. The molecular weight excluding hydrogens is 561 g/mol. The number of H-pyrrole nitrogens is 1. The van der Waals surface area contributed by atoms with Gasteiger partial charge in [-0.05, 0) is 43.0 Å². The first-order valence-electron chi connectivity index (χ1n) is 14.0. The molecule has 11 nitrogen and oxygen atoms in total. The van der Waals surface area contributed by atoms with E-state index in [1.807, 2.05) is 12.3 Å². The van der Waals surface area contributed by atoms with Crippen LogP contribution in [0.3, 0.4) is 0 Å². The molecule has 0 saturated carbocycles. The lowest BCUT2D eigenvalue weighted by Gasteiger charge is -2.32. The van der Waals surface area contributed by atoms with E-state index >= 15 is 0 Å². The van der Waals surface area contributed by atoms with Gasteiger partial charge < -0.3 is 14.0 Å². The Morgan fingerprint density at radius 2 is 1.95 bits per heavy atom. The Balaban J connectivity index is 1.00. The van der Waals surface area contributed by atoms with Gasteiger partial charge >= 0.3 is 0 Å². The lowest BCUT2D eigenvalue weighted by molar-refractivity contribution is -0.0592. The lowest BCUT2D eigenvalue weighted by atomic mass is 10.1. The van der Waals surface area contributed by atoms with Gasteiger partial charge in [-0.3, -0.25) is 15.0 Å². The van der Waals surface area contributed by atoms with Gasteiger partial charge in [0.2, 0.25) is 5.88 Å². The number of benzene rings is 1. The van der Waals surface area contributed by atoms with Crippen LogP contribution in [0.25, 0.3) is 22.6 Å². The minimum Gasteiger partial charge on any atom is -0.474 e. The van der Waals surface area contributed by atoms with Crippen molar-refractivity contribution in [1.82, 2.24) is 44.6 Å². The number of aromatic nitrogens is 8. The molecule has 13 heteroatoms. The van der Waals surface area contributed by atoms with E-state index in [1.165, 1.54) is 12.4 Å². The van der Waals surface area contributed by atoms with Crippen LogP contribution in [0, 0.1) is 5.82 Å². The molecule has 1 aromatic carbocycles. The van der Waals surface area contributed by atoms with E-state index in [-0.39, 0.29) is 24.4 Å². The van der Waals surface area contributed by atoms with Crippen molar-refractivity contribution in [2.75, 3.05) is 19.7 Å². The second kappa shape index (κ2) is 11.7. The molecule has 5 aromatic rings. The number of halogens is 2. The topological polar surface area (TPSA) is 120 Å². The summed E-state index contributed by atoms with van der Waals surface area (Å²) in [5.74, 6) is 2.24. The molecule has 1 N–H and O–H groups in total. The van der Waals surface area contributed by atoms with Crippen molar-refractivity contribution in [3.63, 3.8) is 0 Å². The van der Waals surface area contributed by atoms with Gasteiger partial charge in [0, 0.05) is 43.4 Å². The summed E-state index contributed by atoms with van der Waals surface area (Å²) in [7, 11) is 0. The zero-order chi connectivity index (χ0) is 28.5. The molecule has 2 saturated heterocycles. The number of aromatic amines is 1. The molecule has 6 heterocycles. The summed E-state index contributed by atoms with van der Waals surface area (Å²) < 4.78 is 28.5. The molecule has 7 rings (SSSR count). The summed E-state index contributed by atoms with van der Waals surface area (Å²) in [5.41, 5.74) is 3.06. The predicted molar refractivity (Wildman–Crippen MR) is 152 cm³/mol. The van der Waals surface area contributed by atoms with E-state index in [2.05, 4.69) is 39.6 Å². The Labute approximate surface area is 246 Å². The molecule has 0 radical (unpaired) electrons. The standard InChI is InChI=1S/C29H29ClFN9O2/c30-19-2-1-18(22(31)12-19)11-26-32-7-3-28(37-26)42-20-4-8-39(9-5-20)16-27-36-23-13-24(29-34-17-35-38-29)33-14-25(23)40(27)15-21-6-10-41-21/h1-3,7,12-14,17,20-21H,4-6,8-11,15-16H2,(H,34,35,38)/t21-/m0/s1. The average molecular weight is 590 g/mol. The predicted octanol–water partition coefficient (Wildman–Crippen LogP) is 4.22. The zero-order valence-corrected chi connectivity index (χ0v) is 23.5. The molecule has 0 aliphatic carbocycles. The number of piperidine rings is 1. The van der Waals surface area contributed by atoms with Crippen LogP contribution in [0.1, 0.15) is 36.5 Å². The molecule has 4 aromatic heterocycles. The van der Waals surface area contributed by atoms with Crippen molar-refractivity contribution in [2.24, 2.45) is 0 Å². The number of hydrogen-bond donors (Lipinski definition) is 1. The van der Waals surface area contributed by atoms with Crippen molar-refractivity contribution >= 4 is 22.6 Å². The summed E-state index contributed by atoms with van der Waals surface area (Å²) in [6, 6.07) is 8.32. The fourth-order valence-electron chi connectivity index (χ4n) is 5.41. The maximum absolute atomic E-state index is 14.2. The van der Waals surface area contributed by atoms with Gasteiger partial charge in [-0.2, -0.15) is 10.1 Å². The van der Waals surface area contributed by atoms with Crippen molar-refractivity contribution < 1.29 is 13.9 Å². The second-order valence-corrected chi connectivity index (χ2v) is 11.1. The number of pyridine rings is 1. The first-order chi connectivity index (χ1) is 20.6. The molecule has 42 heavy (non-hydrogen) atoms. The third-order valence-corrected chi connectivity index (χ3v) is 8.02. The Morgan fingerprint density at radius 1 is 1.07 bits per heavy atom. The third kappa shape index (κ3) is 5.83. The summed E-state index contributed by atoms with van der Waals surface area (Å²) in [6.45, 7) is 4.01. The highest BCUT2D eigenvalue weighted by Crippen LogP contribution is 2.26. The van der Waals surface area contributed by atoms with E-state index in [0.717, 1.165) is 68.9 Å². The van der Waals surface area contributed by atoms with Crippen molar-refractivity contribution in [1.29, 1.82) is 0 Å². The van der Waals surface area contributed by atoms with Gasteiger partial charge in [0.15, 0.2) is 5.82 Å². The number of nitrogens with zero attached hydrogens (tertiary/aromatic N) is 8. The van der Waals surface area contributed by atoms with Gasteiger partial charge in [-0.1, -0.05) is 17.7 Å². The van der Waals surface area contributed by atoms with Crippen molar-refractivity contribution in [2.45, 2.75) is 51.0 Å². The third-order valence-electron chi connectivity index (χ3n) is 7.78. The largest absolute Gasteiger partial charge is 0.474 e. The van der Waals surface area contributed by atoms with Crippen LogP contribution in [-0.2, 0) is 24.2 Å². The van der Waals surface area contributed by atoms with Gasteiger partial charge in [-0.25, -0.2) is 19.3 Å². The summed E-state index contributed by atoms with van der Waals surface area (Å²) in [6.07, 6.45) is 8.24. The molecule has 0 unspecified atom stereocenters. The van der Waals surface area contributed by atoms with Crippen LogP contribution in [0.4, 0.5) is 4.39 Å². The number of ether oxygens (including phenoxy) is 2. The fraction of sp³-hybridized carbons (Fsp3) is 0.379. The number of imidazole rings is 1. The number of rotatable bonds is 9. The Hall–Kier alpha value is -4.00. The van der Waals surface area contributed by atoms with Crippen molar-refractivity contribution in [3.05, 3.63) is 77.1 Å². The Morgan fingerprint density at radius 3 is 2.71 bits per heavy atom. The number of fused-ring (bicyclic) bond motifs is 1. The van der Waals surface area contributed by atoms with E-state index in [4.69, 9.17) is 26.1 Å². The maximum atomic E-state index is 14.2. The monoisotopic (exact) mass is 589 g/mol. The van der Waals surface area contributed by atoms with Crippen LogP contribution in [-0.4, -0.2) is 76.5 Å². The van der Waals surface area contributed by atoms with Gasteiger partial charge in [0.05, 0.1) is 36.4 Å². The van der Waals surface area contributed by atoms with E-state index in [1.54, 1.807) is 24.4 Å². The summed E-state index contributed by atoms with van der Waals surface area (Å²) in [5, 5.41) is 7.17. The highest BCUT2D eigenvalue weighted by Gasteiger charge is 2.26. The van der Waals surface area contributed by atoms with Crippen LogP contribution < -0.4 is 4.74 Å². The lowest BCUT2D eigenvalue weighted by Crippen LogP contribution is -2.39. The highest BCUT2D eigenvalue weighted by atomic mass is 35.5. The zero-order valence-electron chi connectivity index (χ0n) is 22.8. The van der Waals surface area contributed by atoms with Gasteiger partial charge in [-0.15, -0.1) is 0 Å². The second-order valence-electron chi connectivity index (χ2n) is 10.6. The molecule has 0 amide bonds. The quantitative estimate of drug-likeness (QED) is 0.269. The van der Waals surface area contributed by atoms with E-state index in [9.17, 15) is 4.39 Å². The van der Waals surface area contributed by atoms with Gasteiger partial charge in [0.1, 0.15) is 35.6 Å². The molecule has 0 spiro atoms.